The van der Waals surface area contributed by atoms with E-state index < -0.39 is 11.7 Å². The maximum Gasteiger partial charge on any atom is 0.416 e. The molecule has 0 saturated heterocycles. The molecule has 116 valence electrons. The number of alkyl halides is 3. The topological polar surface area (TPSA) is 29.1 Å². The first-order chi connectivity index (χ1) is 9.95. The van der Waals surface area contributed by atoms with Gasteiger partial charge in [0.05, 0.1) is 5.56 Å². The van der Waals surface area contributed by atoms with E-state index in [9.17, 15) is 18.0 Å². The van der Waals surface area contributed by atoms with Crippen molar-refractivity contribution in [1.82, 2.24) is 0 Å². The van der Waals surface area contributed by atoms with Crippen molar-refractivity contribution in [1.29, 1.82) is 0 Å². The number of amides is 1. The largest absolute Gasteiger partial charge is 0.416 e. The number of hydrogen-bond donors (Lipinski definition) is 1. The van der Waals surface area contributed by atoms with E-state index in [1.807, 2.05) is 0 Å². The number of rotatable bonds is 4. The summed E-state index contributed by atoms with van der Waals surface area (Å²) in [6.45, 7) is 0. The molecule has 2 nitrogen and oxygen atoms in total. The van der Waals surface area contributed by atoms with Gasteiger partial charge < -0.3 is 5.32 Å². The molecular formula is C16H20F3NO. The molecule has 5 heteroatoms. The van der Waals surface area contributed by atoms with Crippen LogP contribution in [0.15, 0.2) is 24.3 Å². The summed E-state index contributed by atoms with van der Waals surface area (Å²) >= 11 is 0. The van der Waals surface area contributed by atoms with Crippen LogP contribution >= 0.6 is 0 Å². The van der Waals surface area contributed by atoms with Crippen molar-refractivity contribution in [3.63, 3.8) is 0 Å². The zero-order valence-corrected chi connectivity index (χ0v) is 11.9. The van der Waals surface area contributed by atoms with E-state index >= 15 is 0 Å². The quantitative estimate of drug-likeness (QED) is 0.832. The van der Waals surface area contributed by atoms with Crippen molar-refractivity contribution >= 4 is 11.6 Å². The summed E-state index contributed by atoms with van der Waals surface area (Å²) in [7, 11) is 0. The lowest BCUT2D eigenvalue weighted by atomic mass is 9.86. The Kier molecular flexibility index (Phi) is 5.26. The van der Waals surface area contributed by atoms with Gasteiger partial charge in [0, 0.05) is 12.1 Å². The lowest BCUT2D eigenvalue weighted by molar-refractivity contribution is -0.137. The molecular weight excluding hydrogens is 279 g/mol. The van der Waals surface area contributed by atoms with Crippen LogP contribution in [0.3, 0.4) is 0 Å². The molecule has 0 aliphatic heterocycles. The molecule has 1 aromatic rings. The van der Waals surface area contributed by atoms with Crippen LogP contribution in [0.1, 0.15) is 50.5 Å². The predicted molar refractivity (Wildman–Crippen MR) is 75.9 cm³/mol. The number of carbonyl (C=O) groups excluding carboxylic acids is 1. The van der Waals surface area contributed by atoms with Crippen molar-refractivity contribution in [2.24, 2.45) is 5.92 Å². The fraction of sp³-hybridized carbons (Fsp3) is 0.562. The number of nitrogens with one attached hydrogen (secondary N) is 1. The van der Waals surface area contributed by atoms with E-state index in [4.69, 9.17) is 0 Å². The molecule has 0 radical (unpaired) electrons. The van der Waals surface area contributed by atoms with Crippen molar-refractivity contribution < 1.29 is 18.0 Å². The van der Waals surface area contributed by atoms with Crippen molar-refractivity contribution in [3.05, 3.63) is 29.8 Å². The number of carbonyl (C=O) groups is 1. The summed E-state index contributed by atoms with van der Waals surface area (Å²) in [4.78, 5) is 11.8. The molecule has 1 aliphatic rings. The standard InChI is InChI=1S/C16H20F3NO/c17-16(18,19)13-7-9-14(10-8-13)20-15(21)11-6-12-4-2-1-3-5-12/h7-10,12H,1-6,11H2,(H,20,21). The molecule has 1 amide bonds. The Morgan fingerprint density at radius 3 is 2.29 bits per heavy atom. The Bertz CT molecular complexity index is 461. The minimum absolute atomic E-state index is 0.125. The molecule has 0 unspecified atom stereocenters. The lowest BCUT2D eigenvalue weighted by Crippen LogP contribution is -2.15. The van der Waals surface area contributed by atoms with Gasteiger partial charge in [0.15, 0.2) is 0 Å². The van der Waals surface area contributed by atoms with Crippen LogP contribution < -0.4 is 5.32 Å². The Morgan fingerprint density at radius 2 is 1.71 bits per heavy atom. The van der Waals surface area contributed by atoms with Crippen LogP contribution in [-0.2, 0) is 11.0 Å². The second-order valence-electron chi connectivity index (χ2n) is 5.67. The highest BCUT2D eigenvalue weighted by atomic mass is 19.4. The van der Waals surface area contributed by atoms with Gasteiger partial charge in [0.2, 0.25) is 5.91 Å². The molecule has 0 bridgehead atoms. The summed E-state index contributed by atoms with van der Waals surface area (Å²) < 4.78 is 37.3. The maximum atomic E-state index is 12.4. The van der Waals surface area contributed by atoms with Gasteiger partial charge in [0.25, 0.3) is 0 Å². The van der Waals surface area contributed by atoms with E-state index in [-0.39, 0.29) is 5.91 Å². The summed E-state index contributed by atoms with van der Waals surface area (Å²) in [5.41, 5.74) is -0.292. The van der Waals surface area contributed by atoms with E-state index in [1.54, 1.807) is 0 Å². The number of anilines is 1. The van der Waals surface area contributed by atoms with E-state index in [2.05, 4.69) is 5.32 Å². The van der Waals surface area contributed by atoms with Crippen molar-refractivity contribution in [2.45, 2.75) is 51.1 Å². The van der Waals surface area contributed by atoms with Crippen molar-refractivity contribution in [3.8, 4) is 0 Å². The second-order valence-corrected chi connectivity index (χ2v) is 5.67. The van der Waals surface area contributed by atoms with E-state index in [0.29, 0.717) is 18.0 Å². The molecule has 1 fully saturated rings. The monoisotopic (exact) mass is 299 g/mol. The van der Waals surface area contributed by atoms with Crippen molar-refractivity contribution in [2.75, 3.05) is 5.32 Å². The fourth-order valence-electron chi connectivity index (χ4n) is 2.78. The predicted octanol–water partition coefficient (Wildman–Crippen LogP) is 5.00. The molecule has 1 aliphatic carbocycles. The third-order valence-electron chi connectivity index (χ3n) is 4.00. The summed E-state index contributed by atoms with van der Waals surface area (Å²) in [5.74, 6) is 0.498. The van der Waals surface area contributed by atoms with Crippen LogP contribution in [0.4, 0.5) is 18.9 Å². The van der Waals surface area contributed by atoms with Gasteiger partial charge in [-0.15, -0.1) is 0 Å². The van der Waals surface area contributed by atoms with Crippen LogP contribution in [0, 0.1) is 5.92 Å². The van der Waals surface area contributed by atoms with Crippen LogP contribution in [0.25, 0.3) is 0 Å². The summed E-state index contributed by atoms with van der Waals surface area (Å²) in [6.07, 6.45) is 3.10. The Labute approximate surface area is 122 Å². The van der Waals surface area contributed by atoms with Gasteiger partial charge in [-0.2, -0.15) is 13.2 Å². The fourth-order valence-corrected chi connectivity index (χ4v) is 2.78. The average molecular weight is 299 g/mol. The molecule has 0 atom stereocenters. The number of hydrogen-bond acceptors (Lipinski definition) is 1. The molecule has 0 aromatic heterocycles. The van der Waals surface area contributed by atoms with Crippen LogP contribution in [0.5, 0.6) is 0 Å². The number of halogens is 3. The minimum atomic E-state index is -4.34. The first-order valence-electron chi connectivity index (χ1n) is 7.42. The van der Waals surface area contributed by atoms with E-state index in [1.165, 1.54) is 44.2 Å². The Morgan fingerprint density at radius 1 is 1.10 bits per heavy atom. The molecule has 2 rings (SSSR count). The summed E-state index contributed by atoms with van der Waals surface area (Å²) in [5, 5.41) is 2.65. The third kappa shape index (κ3) is 5.06. The van der Waals surface area contributed by atoms with Gasteiger partial charge >= 0.3 is 6.18 Å². The Balaban J connectivity index is 1.79. The minimum Gasteiger partial charge on any atom is -0.326 e. The smallest absolute Gasteiger partial charge is 0.326 e. The van der Waals surface area contributed by atoms with Crippen LogP contribution in [-0.4, -0.2) is 5.91 Å². The van der Waals surface area contributed by atoms with Gasteiger partial charge in [-0.3, -0.25) is 4.79 Å². The van der Waals surface area contributed by atoms with Gasteiger partial charge in [-0.1, -0.05) is 32.1 Å². The van der Waals surface area contributed by atoms with Gasteiger partial charge in [-0.05, 0) is 36.6 Å². The van der Waals surface area contributed by atoms with E-state index in [0.717, 1.165) is 18.6 Å². The Hall–Kier alpha value is -1.52. The SMILES string of the molecule is O=C(CCC1CCCCC1)Nc1ccc(C(F)(F)F)cc1. The lowest BCUT2D eigenvalue weighted by Gasteiger charge is -2.21. The zero-order chi connectivity index (χ0) is 15.3. The normalized spacial score (nSPS) is 16.7. The highest BCUT2D eigenvalue weighted by molar-refractivity contribution is 5.90. The molecule has 1 saturated carbocycles. The van der Waals surface area contributed by atoms with Gasteiger partial charge in [0.1, 0.15) is 0 Å². The first-order valence-corrected chi connectivity index (χ1v) is 7.42. The zero-order valence-electron chi connectivity index (χ0n) is 11.9. The maximum absolute atomic E-state index is 12.4. The molecule has 1 aromatic carbocycles. The third-order valence-corrected chi connectivity index (χ3v) is 4.00. The second kappa shape index (κ2) is 6.96. The highest BCUT2D eigenvalue weighted by Gasteiger charge is 2.29. The first kappa shape index (κ1) is 15.9. The number of benzene rings is 1. The molecule has 0 spiro atoms. The average Bonchev–Trinajstić information content (AvgIpc) is 2.46. The van der Waals surface area contributed by atoms with Gasteiger partial charge in [-0.25, -0.2) is 0 Å². The van der Waals surface area contributed by atoms with Crippen LogP contribution in [0.2, 0.25) is 0 Å². The molecule has 1 N–H and O–H groups in total. The highest BCUT2D eigenvalue weighted by Crippen LogP contribution is 2.30. The molecule has 21 heavy (non-hydrogen) atoms. The summed E-state index contributed by atoms with van der Waals surface area (Å²) in [6, 6.07) is 4.55. The molecule has 0 heterocycles.